The first kappa shape index (κ1) is 98.5. The SMILES string of the molecule is CC[C@H](C)[C@H](NC(=O)[C@@H](N)CCCCN)C(=O)N[C@@H](C)C(=O)N[C@@H](Cc1ccccc1)C(=O)N[C@@H](CCC(N)=O)C(=O)N[C@@H](CCCN=C(N)N)C(=O)N[C@@H](CC(N)=O)C(=O)N[C@@H](CCCN=C(N)N)C(=O)N[C@@H](CCCCN)C(=O)N[C@@H](CCCCCCN)C(=O)N[C@@H](CCCCCCN)C(=O)N[C@@H](CS)C(=O)O. The highest BCUT2D eigenvalue weighted by atomic mass is 32.1. The average Bonchev–Trinajstić information content (AvgIpc) is 0.850. The Labute approximate surface area is 649 Å². The summed E-state index contributed by atoms with van der Waals surface area (Å²) in [5, 5.41) is 38.1. The minimum absolute atomic E-state index is 0.00920. The zero-order chi connectivity index (χ0) is 82.7. The molecule has 1 rings (SSSR count). The van der Waals surface area contributed by atoms with Crippen molar-refractivity contribution in [2.45, 2.75) is 254 Å². The van der Waals surface area contributed by atoms with E-state index in [1.807, 2.05) is 0 Å². The third-order valence-corrected chi connectivity index (χ3v) is 18.2. The first-order valence-electron chi connectivity index (χ1n) is 37.7. The molecule has 0 radical (unpaired) electrons. The summed E-state index contributed by atoms with van der Waals surface area (Å²) in [4.78, 5) is 202. The van der Waals surface area contributed by atoms with Crippen LogP contribution in [0, 0.1) is 5.92 Å². The number of amides is 13. The molecule has 1 aromatic carbocycles. The quantitative estimate of drug-likeness (QED) is 0.0125. The second kappa shape index (κ2) is 56.7. The van der Waals surface area contributed by atoms with E-state index < -0.39 is 180 Å². The van der Waals surface area contributed by atoms with Gasteiger partial charge in [-0.15, -0.1) is 0 Å². The molecule has 13 amide bonds. The van der Waals surface area contributed by atoms with Gasteiger partial charge < -0.3 is 127 Å². The van der Waals surface area contributed by atoms with E-state index >= 15 is 0 Å². The van der Waals surface area contributed by atoms with E-state index in [4.69, 9.17) is 63.1 Å². The lowest BCUT2D eigenvalue weighted by molar-refractivity contribution is -0.141. The molecule has 40 heteroatoms. The summed E-state index contributed by atoms with van der Waals surface area (Å²) < 4.78 is 0. The van der Waals surface area contributed by atoms with Crippen molar-refractivity contribution < 1.29 is 72.2 Å². The van der Waals surface area contributed by atoms with Gasteiger partial charge in [0.2, 0.25) is 76.8 Å². The molecule has 0 aliphatic carbocycles. The van der Waals surface area contributed by atoms with E-state index in [1.54, 1.807) is 44.2 Å². The zero-order valence-corrected chi connectivity index (χ0v) is 64.8. The predicted octanol–water partition coefficient (Wildman–Crippen LogP) is -5.71. The minimum atomic E-state index is -1.92. The number of carboxylic acids is 1. The van der Waals surface area contributed by atoms with E-state index in [1.165, 1.54) is 6.92 Å². The topological polar surface area (TPSA) is 702 Å². The van der Waals surface area contributed by atoms with Crippen molar-refractivity contribution in [1.82, 2.24) is 58.5 Å². The number of rotatable bonds is 61. The number of hydrogen-bond acceptors (Lipinski definition) is 22. The normalized spacial score (nSPS) is 14.6. The van der Waals surface area contributed by atoms with Crippen molar-refractivity contribution in [2.24, 2.45) is 79.0 Å². The van der Waals surface area contributed by atoms with Crippen LogP contribution in [0.25, 0.3) is 0 Å². The summed E-state index contributed by atoms with van der Waals surface area (Å²) in [6.07, 6.45) is 4.63. The van der Waals surface area contributed by atoms with Gasteiger partial charge in [0.1, 0.15) is 66.5 Å². The highest BCUT2D eigenvalue weighted by Crippen LogP contribution is 2.16. The number of hydrogen-bond donors (Lipinski definition) is 24. The second-order valence-corrected chi connectivity index (χ2v) is 27.5. The summed E-state index contributed by atoms with van der Waals surface area (Å²) in [5.41, 5.74) is 63.1. The number of primary amides is 2. The van der Waals surface area contributed by atoms with Gasteiger partial charge in [-0.05, 0) is 134 Å². The van der Waals surface area contributed by atoms with Crippen LogP contribution in [-0.4, -0.2) is 217 Å². The molecule has 110 heavy (non-hydrogen) atoms. The molecule has 1 aromatic rings. The van der Waals surface area contributed by atoms with Gasteiger partial charge >= 0.3 is 5.97 Å². The number of carboxylic acid groups (broad SMARTS) is 1. The molecule has 34 N–H and O–H groups in total. The number of aliphatic carboxylic acids is 1. The smallest absolute Gasteiger partial charge is 0.327 e. The number of benzene rings is 1. The van der Waals surface area contributed by atoms with E-state index in [9.17, 15) is 72.2 Å². The number of nitrogens with two attached hydrogens (primary N) is 11. The molecule has 13 atom stereocenters. The van der Waals surface area contributed by atoms with Crippen molar-refractivity contribution >= 4 is 107 Å². The van der Waals surface area contributed by atoms with Crippen LogP contribution in [0.1, 0.15) is 180 Å². The van der Waals surface area contributed by atoms with Crippen molar-refractivity contribution in [1.29, 1.82) is 0 Å². The number of unbranched alkanes of at least 4 members (excludes halogenated alkanes) is 8. The molecule has 39 nitrogen and oxygen atoms in total. The van der Waals surface area contributed by atoms with Gasteiger partial charge in [-0.1, -0.05) is 95.5 Å². The second-order valence-electron chi connectivity index (χ2n) is 27.1. The van der Waals surface area contributed by atoms with Crippen LogP contribution in [0.4, 0.5) is 0 Å². The third kappa shape index (κ3) is 41.9. The number of nitrogens with one attached hydrogen (secondary N) is 11. The van der Waals surface area contributed by atoms with Gasteiger partial charge in [-0.3, -0.25) is 72.3 Å². The fourth-order valence-electron chi connectivity index (χ4n) is 11.2. The Balaban J connectivity index is 3.89. The molecule has 0 aliphatic rings. The van der Waals surface area contributed by atoms with E-state index in [0.29, 0.717) is 102 Å². The molecular weight excluding hydrogens is 1450 g/mol. The highest BCUT2D eigenvalue weighted by molar-refractivity contribution is 7.80. The Morgan fingerprint density at radius 3 is 1.12 bits per heavy atom. The number of aliphatic imine (C=N–C) groups is 2. The van der Waals surface area contributed by atoms with Gasteiger partial charge in [0.15, 0.2) is 11.9 Å². The molecule has 0 heterocycles. The number of nitrogens with zero attached hydrogens (tertiary/aromatic N) is 2. The number of guanidine groups is 2. The summed E-state index contributed by atoms with van der Waals surface area (Å²) in [7, 11) is 0. The van der Waals surface area contributed by atoms with Crippen LogP contribution in [0.15, 0.2) is 40.3 Å². The molecule has 0 saturated carbocycles. The maximum atomic E-state index is 14.7. The standard InChI is InChI=1S/C70H126N24O15S/c1-4-41(2)56(94-58(98)44(75)24-14-18-34-73)67(107)84-42(3)57(97)91-51(38-43-22-10-9-11-23-43)65(105)90-50(30-31-54(76)95)64(104)88-49(29-21-37-83-70(80)81)62(102)92-52(39-55(77)96)66(106)89-48(28-20-36-82-69(78)79)61(101)87-47(27-15-19-35-74)60(100)85-45(25-12-5-7-16-32-71)59(99)86-46(26-13-6-8-17-33-72)63(103)93-53(40-110)68(108)109/h9-11,22-23,41-42,44-53,56,110H,4-8,12-21,24-40,71-75H2,1-3H3,(H2,76,95)(H2,77,96)(H,84,107)(H,85,100)(H,86,99)(H,87,101)(H,88,104)(H,89,106)(H,90,105)(H,91,97)(H,92,102)(H,93,103)(H,94,98)(H,108,109)(H4,78,79,82)(H4,80,81,83)/t41-,42-,44-,45-,46-,47-,48-,49-,50-,51-,52-,53-,56-/m0/s1. The highest BCUT2D eigenvalue weighted by Gasteiger charge is 2.38. The Morgan fingerprint density at radius 1 is 0.391 bits per heavy atom. The summed E-state index contributed by atoms with van der Waals surface area (Å²) in [5.74, 6) is -14.8. The monoisotopic (exact) mass is 1570 g/mol. The Bertz CT molecular complexity index is 3110. The summed E-state index contributed by atoms with van der Waals surface area (Å²) in [6, 6.07) is -8.91. The van der Waals surface area contributed by atoms with Gasteiger partial charge in [-0.25, -0.2) is 4.79 Å². The number of carbonyl (C=O) groups is 14. The van der Waals surface area contributed by atoms with E-state index in [2.05, 4.69) is 81.1 Å². The molecule has 0 aliphatic heterocycles. The Hall–Kier alpha value is -9.51. The van der Waals surface area contributed by atoms with Crippen LogP contribution >= 0.6 is 12.6 Å². The maximum Gasteiger partial charge on any atom is 0.327 e. The zero-order valence-electron chi connectivity index (χ0n) is 63.9. The van der Waals surface area contributed by atoms with Crippen LogP contribution < -0.4 is 122 Å². The van der Waals surface area contributed by atoms with Gasteiger partial charge in [0.05, 0.1) is 12.5 Å². The van der Waals surface area contributed by atoms with Crippen molar-refractivity contribution in [3.8, 4) is 0 Å². The van der Waals surface area contributed by atoms with Gasteiger partial charge in [0.25, 0.3) is 0 Å². The van der Waals surface area contributed by atoms with Crippen LogP contribution in [0.2, 0.25) is 0 Å². The first-order chi connectivity index (χ1) is 52.3. The fourth-order valence-corrected chi connectivity index (χ4v) is 11.4. The third-order valence-electron chi connectivity index (χ3n) is 17.8. The van der Waals surface area contributed by atoms with Crippen LogP contribution in [0.5, 0.6) is 0 Å². The van der Waals surface area contributed by atoms with Crippen LogP contribution in [-0.2, 0) is 73.5 Å². The average molecular weight is 1580 g/mol. The van der Waals surface area contributed by atoms with E-state index in [-0.39, 0.29) is 95.1 Å². The van der Waals surface area contributed by atoms with Crippen molar-refractivity contribution in [2.75, 3.05) is 45.0 Å². The fraction of sp³-hybridized carbons (Fsp3) is 0.686. The largest absolute Gasteiger partial charge is 0.480 e. The molecule has 0 saturated heterocycles. The van der Waals surface area contributed by atoms with E-state index in [0.717, 1.165) is 6.42 Å². The number of thiol groups is 1. The molecule has 0 fully saturated rings. The first-order valence-corrected chi connectivity index (χ1v) is 38.4. The lowest BCUT2D eigenvalue weighted by atomic mass is 9.97. The van der Waals surface area contributed by atoms with Crippen molar-refractivity contribution in [3.05, 3.63) is 35.9 Å². The van der Waals surface area contributed by atoms with Crippen molar-refractivity contribution in [3.63, 3.8) is 0 Å². The molecule has 0 unspecified atom stereocenters. The Morgan fingerprint density at radius 2 is 0.736 bits per heavy atom. The predicted molar refractivity (Wildman–Crippen MR) is 418 cm³/mol. The Kier molecular flexibility index (Phi) is 50.8. The molecule has 0 bridgehead atoms. The molecule has 622 valence electrons. The maximum absolute atomic E-state index is 14.7. The summed E-state index contributed by atoms with van der Waals surface area (Å²) in [6.45, 7) is 6.06. The molecule has 0 aromatic heterocycles. The minimum Gasteiger partial charge on any atom is -0.480 e. The molecule has 0 spiro atoms. The van der Waals surface area contributed by atoms with Gasteiger partial charge in [-0.2, -0.15) is 12.6 Å². The number of carbonyl (C=O) groups excluding carboxylic acids is 13. The van der Waals surface area contributed by atoms with Gasteiger partial charge in [0, 0.05) is 31.7 Å². The molecular formula is C70H126N24O15S. The van der Waals surface area contributed by atoms with Crippen LogP contribution in [0.3, 0.4) is 0 Å². The lowest BCUT2D eigenvalue weighted by Gasteiger charge is -2.28. The summed E-state index contributed by atoms with van der Waals surface area (Å²) >= 11 is 4.06. The lowest BCUT2D eigenvalue weighted by Crippen LogP contribution is -2.61.